The van der Waals surface area contributed by atoms with Crippen molar-refractivity contribution in [3.63, 3.8) is 0 Å². The third-order valence-electron chi connectivity index (χ3n) is 15.5. The van der Waals surface area contributed by atoms with Gasteiger partial charge in [0.25, 0.3) is 5.91 Å². The van der Waals surface area contributed by atoms with Crippen LogP contribution in [0.25, 0.3) is 0 Å². The number of ether oxygens (including phenoxy) is 9. The van der Waals surface area contributed by atoms with Gasteiger partial charge in [-0.2, -0.15) is 0 Å². The Bertz CT molecular complexity index is 2800. The first-order valence-electron chi connectivity index (χ1n) is 25.7. The third kappa shape index (κ3) is 12.1. The summed E-state index contributed by atoms with van der Waals surface area (Å²) in [5.41, 5.74) is -7.86. The first-order valence-corrected chi connectivity index (χ1v) is 25.7. The highest BCUT2D eigenvalue weighted by Gasteiger charge is 2.79. The molecule has 3 aromatic carbocycles. The maximum atomic E-state index is 16.3. The van der Waals surface area contributed by atoms with Crippen LogP contribution in [-0.4, -0.2) is 156 Å². The summed E-state index contributed by atoms with van der Waals surface area (Å²) in [5.74, 6) is -8.62. The molecule has 22 nitrogen and oxygen atoms in total. The van der Waals surface area contributed by atoms with Gasteiger partial charge < -0.3 is 63.1 Å². The number of carbonyl (C=O) groups is 9. The second-order valence-electron chi connectivity index (χ2n) is 20.7. The Kier molecular flexibility index (Phi) is 18.1. The molecule has 2 saturated carbocycles. The summed E-state index contributed by atoms with van der Waals surface area (Å²) in [6.45, 7) is 8.26. The molecule has 3 aliphatic carbocycles. The zero-order valence-corrected chi connectivity index (χ0v) is 45.1. The second kappa shape index (κ2) is 24.2. The average Bonchev–Trinajstić information content (AvgIpc) is 3.23. The van der Waals surface area contributed by atoms with Crippen molar-refractivity contribution in [3.8, 4) is 0 Å². The highest BCUT2D eigenvalue weighted by Crippen LogP contribution is 2.65. The number of amides is 2. The lowest BCUT2D eigenvalue weighted by Gasteiger charge is -2.67. The fourth-order valence-corrected chi connectivity index (χ4v) is 11.6. The van der Waals surface area contributed by atoms with Gasteiger partial charge in [0.1, 0.15) is 37.1 Å². The van der Waals surface area contributed by atoms with Crippen LogP contribution in [0, 0.1) is 16.7 Å². The molecule has 2 bridgehead atoms. The molecule has 1 saturated heterocycles. The highest BCUT2D eigenvalue weighted by atomic mass is 16.7. The molecule has 424 valence electrons. The van der Waals surface area contributed by atoms with E-state index in [0.29, 0.717) is 5.56 Å². The minimum Gasteiger partial charge on any atom is -0.464 e. The van der Waals surface area contributed by atoms with Crippen LogP contribution in [0.15, 0.2) is 102 Å². The van der Waals surface area contributed by atoms with Crippen LogP contribution in [0.4, 0.5) is 4.79 Å². The van der Waals surface area contributed by atoms with E-state index in [4.69, 9.17) is 42.6 Å². The molecule has 11 atom stereocenters. The quantitative estimate of drug-likeness (QED) is 0.0653. The lowest BCUT2D eigenvalue weighted by Crippen LogP contribution is -2.82. The third-order valence-corrected chi connectivity index (χ3v) is 15.5. The van der Waals surface area contributed by atoms with Gasteiger partial charge in [-0.25, -0.2) is 14.4 Å². The molecule has 79 heavy (non-hydrogen) atoms. The maximum Gasteiger partial charge on any atom is 0.412 e. The number of aliphatic hydroxyl groups excluding tert-OH is 1. The Morgan fingerprint density at radius 1 is 0.747 bits per heavy atom. The van der Waals surface area contributed by atoms with Crippen LogP contribution < -0.4 is 5.32 Å². The van der Waals surface area contributed by atoms with Crippen molar-refractivity contribution in [2.24, 2.45) is 16.7 Å². The molecule has 4 aliphatic rings. The molecule has 7 rings (SSSR count). The second-order valence-corrected chi connectivity index (χ2v) is 20.7. The number of hydrogen-bond donors (Lipinski definition) is 3. The molecule has 1 aliphatic heterocycles. The number of nitrogens with one attached hydrogen (secondary N) is 1. The van der Waals surface area contributed by atoms with E-state index in [1.807, 2.05) is 0 Å². The fraction of sp³-hybridized carbons (Fsp3) is 0.491. The summed E-state index contributed by atoms with van der Waals surface area (Å²) in [7, 11) is 0. The molecular formula is C57H66N2O20. The van der Waals surface area contributed by atoms with Crippen LogP contribution >= 0.6 is 0 Å². The summed E-state index contributed by atoms with van der Waals surface area (Å²) in [6, 6.07) is 22.5. The predicted molar refractivity (Wildman–Crippen MR) is 273 cm³/mol. The summed E-state index contributed by atoms with van der Waals surface area (Å²) < 4.78 is 53.1. The van der Waals surface area contributed by atoms with Crippen LogP contribution in [-0.2, 0) is 71.4 Å². The van der Waals surface area contributed by atoms with E-state index in [2.05, 4.69) is 5.32 Å². The number of fused-ring (bicyclic) bond motifs is 5. The first-order chi connectivity index (χ1) is 37.4. The van der Waals surface area contributed by atoms with Gasteiger partial charge in [-0.15, -0.1) is 0 Å². The molecule has 2 amide bonds. The minimum absolute atomic E-state index is 0.000529. The van der Waals surface area contributed by atoms with Gasteiger partial charge >= 0.3 is 41.9 Å². The van der Waals surface area contributed by atoms with E-state index in [-0.39, 0.29) is 55.0 Å². The lowest BCUT2D eigenvalue weighted by molar-refractivity contribution is -0.351. The summed E-state index contributed by atoms with van der Waals surface area (Å²) in [5, 5.41) is 28.8. The Morgan fingerprint density at radius 3 is 1.85 bits per heavy atom. The van der Waals surface area contributed by atoms with Crippen molar-refractivity contribution in [2.75, 3.05) is 39.7 Å². The Morgan fingerprint density at radius 2 is 1.32 bits per heavy atom. The average molecular weight is 1100 g/mol. The number of rotatable bonds is 19. The number of carbonyl (C=O) groups excluding carboxylic acids is 9. The Hall–Kier alpha value is -7.53. The zero-order valence-electron chi connectivity index (χ0n) is 45.1. The van der Waals surface area contributed by atoms with Crippen molar-refractivity contribution >= 4 is 53.6 Å². The largest absolute Gasteiger partial charge is 0.464 e. The number of aliphatic hydroxyl groups is 2. The van der Waals surface area contributed by atoms with Crippen molar-refractivity contribution in [1.29, 1.82) is 0 Å². The van der Waals surface area contributed by atoms with E-state index < -0.39 is 144 Å². The van der Waals surface area contributed by atoms with Gasteiger partial charge in [0.15, 0.2) is 30.4 Å². The van der Waals surface area contributed by atoms with Crippen LogP contribution in [0.1, 0.15) is 101 Å². The van der Waals surface area contributed by atoms with E-state index in [1.54, 1.807) is 78.9 Å². The summed E-state index contributed by atoms with van der Waals surface area (Å²) in [4.78, 5) is 124. The molecule has 22 heteroatoms. The Labute approximate surface area is 455 Å². The molecular weight excluding hydrogens is 1030 g/mol. The van der Waals surface area contributed by atoms with E-state index >= 15 is 4.79 Å². The van der Waals surface area contributed by atoms with Gasteiger partial charge in [0.2, 0.25) is 0 Å². The van der Waals surface area contributed by atoms with Crippen LogP contribution in [0.2, 0.25) is 0 Å². The lowest BCUT2D eigenvalue weighted by atomic mass is 9.44. The number of Topliss-reactive ketones (excluding diaryl/α,β-unsaturated/α-hetero) is 1. The topological polar surface area (TPSA) is 292 Å². The maximum absolute atomic E-state index is 16.3. The molecule has 1 unspecified atom stereocenters. The van der Waals surface area contributed by atoms with E-state index in [9.17, 15) is 48.6 Å². The number of hydrogen-bond acceptors (Lipinski definition) is 20. The van der Waals surface area contributed by atoms with Crippen LogP contribution in [0.5, 0.6) is 0 Å². The van der Waals surface area contributed by atoms with Crippen molar-refractivity contribution < 1.29 is 96.0 Å². The van der Waals surface area contributed by atoms with E-state index in [0.717, 1.165) is 18.7 Å². The first kappa shape index (κ1) is 59.1. The summed E-state index contributed by atoms with van der Waals surface area (Å²) >= 11 is 0. The molecule has 3 fully saturated rings. The molecule has 3 N–H and O–H groups in total. The van der Waals surface area contributed by atoms with Gasteiger partial charge in [-0.1, -0.05) is 80.6 Å². The smallest absolute Gasteiger partial charge is 0.412 e. The number of nitrogens with zero attached hydrogens (tertiary/aromatic N) is 1. The molecule has 0 radical (unpaired) electrons. The molecule has 1 heterocycles. The van der Waals surface area contributed by atoms with Crippen molar-refractivity contribution in [1.82, 2.24) is 10.2 Å². The van der Waals surface area contributed by atoms with Gasteiger partial charge in [0, 0.05) is 51.5 Å². The van der Waals surface area contributed by atoms with Crippen LogP contribution in [0.3, 0.4) is 0 Å². The Balaban J connectivity index is 1.36. The summed E-state index contributed by atoms with van der Waals surface area (Å²) in [6.07, 6.45) is -12.2. The SMILES string of the molecule is CC(=O)OCCN(CCOC(C)=O)C(=O)OCO[C@H]1C[C@H]2OC[C@@]2(OC(C)=O)C2[C@H](OC(=O)c3ccccc3)[C@]3(O)C[C@H](OC(=O)[C@H](O)[C@@H](NC(=O)c4ccccc4)c4ccccc4)C(C)=C([C@@H](OC(C)=O)C(=O)[C@@]21C)C3(C)C. The monoisotopic (exact) mass is 1100 g/mol. The molecule has 3 aromatic rings. The van der Waals surface area contributed by atoms with Gasteiger partial charge in [-0.05, 0) is 54.8 Å². The standard InChI is InChI=1S/C57H66N2O20/c1-32-40(77-52(68)45(64)44(37-18-12-9-13-19-37)58-50(66)38-20-14-10-15-21-38)29-57(70)49(78-51(67)39-22-16-11-17-23-39)47-55(8,48(65)46(76-35(4)62)43(32)54(57,6)7)41(28-42-56(47,30-73-42)79-36(5)63)74-31-75-53(69)59(24-26-71-33(2)60)25-27-72-34(3)61/h9-23,40-42,44-47,49,64,70H,24-31H2,1-8H3,(H,58,66)/t40-,41-,42+,44-,45+,46+,47?,49-,55+,56-,57+/m0/s1. The van der Waals surface area contributed by atoms with Crippen molar-refractivity contribution in [3.05, 3.63) is 119 Å². The minimum atomic E-state index is -2.53. The van der Waals surface area contributed by atoms with Gasteiger partial charge in [-0.3, -0.25) is 28.8 Å². The van der Waals surface area contributed by atoms with E-state index in [1.165, 1.54) is 53.7 Å². The highest BCUT2D eigenvalue weighted by molar-refractivity contribution is 5.96. The number of benzene rings is 3. The van der Waals surface area contributed by atoms with Gasteiger partial charge in [0.05, 0.1) is 48.7 Å². The van der Waals surface area contributed by atoms with Crippen molar-refractivity contribution in [2.45, 2.75) is 122 Å². The predicted octanol–water partition coefficient (Wildman–Crippen LogP) is 4.28. The number of ketones is 1. The fourth-order valence-electron chi connectivity index (χ4n) is 11.6. The number of esters is 6. The zero-order chi connectivity index (χ0) is 57.6. The molecule has 0 aromatic heterocycles. The normalized spacial score (nSPS) is 27.2. The molecule has 0 spiro atoms.